The monoisotopic (exact) mass is 491 g/mol. The molecule has 6 aromatic rings. The Balaban J connectivity index is 1.48. The Hall–Kier alpha value is -4.50. The SMILES string of the molecule is CC1(C)c2ccccc2-c2ccc3c4ccccc4n(C4Nc5ccccc5NC4c4ccccc4)c3c21. The van der Waals surface area contributed by atoms with Gasteiger partial charge in [0.15, 0.2) is 0 Å². The number of nitrogens with zero attached hydrogens (tertiary/aromatic N) is 1. The zero-order valence-corrected chi connectivity index (χ0v) is 21.6. The normalized spacial score (nSPS) is 18.9. The molecule has 5 aromatic carbocycles. The summed E-state index contributed by atoms with van der Waals surface area (Å²) in [6.45, 7) is 4.77. The molecule has 2 aliphatic rings. The molecule has 38 heavy (non-hydrogen) atoms. The first-order valence-electron chi connectivity index (χ1n) is 13.5. The predicted molar refractivity (Wildman–Crippen MR) is 159 cm³/mol. The van der Waals surface area contributed by atoms with Crippen LogP contribution in [0.15, 0.2) is 115 Å². The molecule has 0 saturated heterocycles. The van der Waals surface area contributed by atoms with E-state index in [1.54, 1.807) is 0 Å². The third kappa shape index (κ3) is 2.84. The Morgan fingerprint density at radius 3 is 2.13 bits per heavy atom. The Morgan fingerprint density at radius 2 is 1.29 bits per heavy atom. The number of rotatable bonds is 2. The van der Waals surface area contributed by atoms with Crippen LogP contribution in [0.2, 0.25) is 0 Å². The predicted octanol–water partition coefficient (Wildman–Crippen LogP) is 8.88. The maximum Gasteiger partial charge on any atom is 0.129 e. The standard InChI is InChI=1S/C35H29N3/c1-35(2)27-16-8-6-14-23(27)25-20-21-26-24-15-7-11-19-30(24)38(33(26)31(25)35)34-32(22-12-4-3-5-13-22)36-28-17-9-10-18-29(28)37-34/h3-21,32,34,36-37H,1-2H3. The second-order valence-electron chi connectivity index (χ2n) is 11.1. The Bertz CT molecular complexity index is 1860. The summed E-state index contributed by atoms with van der Waals surface area (Å²) in [4.78, 5) is 0. The van der Waals surface area contributed by atoms with Crippen LogP contribution in [0.4, 0.5) is 11.4 Å². The van der Waals surface area contributed by atoms with E-state index in [1.165, 1.54) is 49.6 Å². The minimum absolute atomic E-state index is 0.0271. The number of anilines is 2. The molecule has 0 radical (unpaired) electrons. The summed E-state index contributed by atoms with van der Waals surface area (Å²) >= 11 is 0. The van der Waals surface area contributed by atoms with Crippen LogP contribution in [-0.2, 0) is 5.41 Å². The van der Waals surface area contributed by atoms with Crippen molar-refractivity contribution >= 4 is 33.2 Å². The summed E-state index contributed by atoms with van der Waals surface area (Å²) in [6.07, 6.45) is -0.0271. The summed E-state index contributed by atoms with van der Waals surface area (Å²) in [5, 5.41) is 10.5. The highest BCUT2D eigenvalue weighted by Crippen LogP contribution is 2.54. The van der Waals surface area contributed by atoms with Crippen molar-refractivity contribution in [3.8, 4) is 11.1 Å². The summed E-state index contributed by atoms with van der Waals surface area (Å²) < 4.78 is 2.58. The number of para-hydroxylation sites is 3. The van der Waals surface area contributed by atoms with Crippen molar-refractivity contribution in [2.45, 2.75) is 31.5 Å². The number of aromatic nitrogens is 1. The third-order valence-corrected chi connectivity index (χ3v) is 8.68. The molecule has 0 saturated carbocycles. The van der Waals surface area contributed by atoms with Gasteiger partial charge in [-0.15, -0.1) is 0 Å². The van der Waals surface area contributed by atoms with Crippen LogP contribution < -0.4 is 10.6 Å². The zero-order valence-electron chi connectivity index (χ0n) is 21.6. The van der Waals surface area contributed by atoms with Crippen molar-refractivity contribution in [2.75, 3.05) is 10.6 Å². The van der Waals surface area contributed by atoms with Crippen LogP contribution in [0.1, 0.15) is 42.7 Å². The molecule has 2 heterocycles. The van der Waals surface area contributed by atoms with Gasteiger partial charge in [0.05, 0.1) is 28.5 Å². The molecular formula is C35H29N3. The molecule has 3 heteroatoms. The molecule has 0 bridgehead atoms. The third-order valence-electron chi connectivity index (χ3n) is 8.68. The summed E-state index contributed by atoms with van der Waals surface area (Å²) in [5.74, 6) is 0. The van der Waals surface area contributed by atoms with Crippen LogP contribution >= 0.6 is 0 Å². The first-order valence-corrected chi connectivity index (χ1v) is 13.5. The quantitative estimate of drug-likeness (QED) is 0.253. The minimum Gasteiger partial charge on any atom is -0.373 e. The van der Waals surface area contributed by atoms with Crippen molar-refractivity contribution in [3.63, 3.8) is 0 Å². The van der Waals surface area contributed by atoms with Crippen LogP contribution in [0, 0.1) is 0 Å². The van der Waals surface area contributed by atoms with E-state index < -0.39 is 0 Å². The number of hydrogen-bond donors (Lipinski definition) is 2. The lowest BCUT2D eigenvalue weighted by atomic mass is 9.81. The minimum atomic E-state index is -0.111. The molecule has 1 aliphatic carbocycles. The average Bonchev–Trinajstić information content (AvgIpc) is 3.42. The summed E-state index contributed by atoms with van der Waals surface area (Å²) in [6, 6.07) is 41.9. The van der Waals surface area contributed by atoms with Gasteiger partial charge >= 0.3 is 0 Å². The second kappa shape index (κ2) is 7.75. The van der Waals surface area contributed by atoms with E-state index in [9.17, 15) is 0 Å². The van der Waals surface area contributed by atoms with Gasteiger partial charge in [0.2, 0.25) is 0 Å². The van der Waals surface area contributed by atoms with Gasteiger partial charge in [-0.2, -0.15) is 0 Å². The van der Waals surface area contributed by atoms with Gasteiger partial charge in [0.25, 0.3) is 0 Å². The second-order valence-corrected chi connectivity index (χ2v) is 11.1. The molecule has 8 rings (SSSR count). The highest BCUT2D eigenvalue weighted by atomic mass is 15.3. The van der Waals surface area contributed by atoms with Crippen molar-refractivity contribution in [2.24, 2.45) is 0 Å². The molecule has 1 aliphatic heterocycles. The fourth-order valence-corrected chi connectivity index (χ4v) is 7.00. The van der Waals surface area contributed by atoms with E-state index in [2.05, 4.69) is 144 Å². The van der Waals surface area contributed by atoms with E-state index in [1.807, 2.05) is 0 Å². The largest absolute Gasteiger partial charge is 0.373 e. The summed E-state index contributed by atoms with van der Waals surface area (Å²) in [5.41, 5.74) is 11.5. The number of nitrogens with one attached hydrogen (secondary N) is 2. The van der Waals surface area contributed by atoms with Crippen molar-refractivity contribution in [3.05, 3.63) is 132 Å². The van der Waals surface area contributed by atoms with E-state index in [-0.39, 0.29) is 17.6 Å². The van der Waals surface area contributed by atoms with Crippen LogP contribution in [0.3, 0.4) is 0 Å². The molecule has 1 aromatic heterocycles. The fraction of sp³-hybridized carbons (Fsp3) is 0.143. The lowest BCUT2D eigenvalue weighted by molar-refractivity contribution is 0.503. The number of benzene rings is 5. The van der Waals surface area contributed by atoms with Crippen molar-refractivity contribution < 1.29 is 0 Å². The molecule has 184 valence electrons. The summed E-state index contributed by atoms with van der Waals surface area (Å²) in [7, 11) is 0. The highest BCUT2D eigenvalue weighted by Gasteiger charge is 2.40. The topological polar surface area (TPSA) is 29.0 Å². The van der Waals surface area contributed by atoms with Gasteiger partial charge in [0, 0.05) is 16.2 Å². The van der Waals surface area contributed by atoms with Gasteiger partial charge in [-0.05, 0) is 46.0 Å². The van der Waals surface area contributed by atoms with Gasteiger partial charge < -0.3 is 15.2 Å². The highest BCUT2D eigenvalue weighted by molar-refractivity contribution is 6.12. The molecule has 2 unspecified atom stereocenters. The Labute approximate surface area is 222 Å². The number of fused-ring (bicyclic) bond motifs is 8. The molecular weight excluding hydrogens is 462 g/mol. The molecule has 0 amide bonds. The molecule has 3 nitrogen and oxygen atoms in total. The van der Waals surface area contributed by atoms with E-state index >= 15 is 0 Å². The average molecular weight is 492 g/mol. The molecule has 2 N–H and O–H groups in total. The molecule has 0 spiro atoms. The first-order chi connectivity index (χ1) is 18.6. The Kier molecular flexibility index (Phi) is 4.40. The van der Waals surface area contributed by atoms with E-state index in [0.717, 1.165) is 11.4 Å². The van der Waals surface area contributed by atoms with Crippen molar-refractivity contribution in [1.82, 2.24) is 4.57 Å². The molecule has 0 fully saturated rings. The maximum atomic E-state index is 3.97. The lowest BCUT2D eigenvalue weighted by Gasteiger charge is -2.38. The van der Waals surface area contributed by atoms with Crippen molar-refractivity contribution in [1.29, 1.82) is 0 Å². The van der Waals surface area contributed by atoms with E-state index in [4.69, 9.17) is 0 Å². The van der Waals surface area contributed by atoms with E-state index in [0.29, 0.717) is 0 Å². The number of hydrogen-bond acceptors (Lipinski definition) is 2. The van der Waals surface area contributed by atoms with Gasteiger partial charge in [0.1, 0.15) is 6.17 Å². The smallest absolute Gasteiger partial charge is 0.129 e. The lowest BCUT2D eigenvalue weighted by Crippen LogP contribution is -2.34. The van der Waals surface area contributed by atoms with Gasteiger partial charge in [-0.1, -0.05) is 111 Å². The van der Waals surface area contributed by atoms with Gasteiger partial charge in [-0.3, -0.25) is 0 Å². The van der Waals surface area contributed by atoms with Gasteiger partial charge in [-0.25, -0.2) is 0 Å². The first kappa shape index (κ1) is 21.6. The maximum absolute atomic E-state index is 3.97. The van der Waals surface area contributed by atoms with Crippen LogP contribution in [0.25, 0.3) is 32.9 Å². The fourth-order valence-electron chi connectivity index (χ4n) is 7.00. The van der Waals surface area contributed by atoms with Crippen LogP contribution in [0.5, 0.6) is 0 Å². The van der Waals surface area contributed by atoms with Crippen LogP contribution in [-0.4, -0.2) is 4.57 Å². The molecule has 2 atom stereocenters. The zero-order chi connectivity index (χ0) is 25.4. The Morgan fingerprint density at radius 1 is 0.605 bits per heavy atom.